The predicted molar refractivity (Wildman–Crippen MR) is 126 cm³/mol. The molecule has 0 radical (unpaired) electrons. The number of benzene rings is 3. The number of nitrogens with one attached hydrogen (secondary N) is 3. The predicted octanol–water partition coefficient (Wildman–Crippen LogP) is 3.55. The Kier molecular flexibility index (Phi) is 7.07. The minimum atomic E-state index is -0.904. The lowest BCUT2D eigenvalue weighted by Gasteiger charge is -2.16. The van der Waals surface area contributed by atoms with Gasteiger partial charge in [-0.1, -0.05) is 72.8 Å². The zero-order valence-electron chi connectivity index (χ0n) is 17.8. The second kappa shape index (κ2) is 10.7. The van der Waals surface area contributed by atoms with E-state index in [9.17, 15) is 9.59 Å². The maximum Gasteiger partial charge on any atom is 0.408 e. The molecule has 0 bridgehead atoms. The second-order valence-corrected chi connectivity index (χ2v) is 7.34. The van der Waals surface area contributed by atoms with Gasteiger partial charge >= 0.3 is 6.09 Å². The van der Waals surface area contributed by atoms with Crippen LogP contribution < -0.4 is 10.7 Å². The number of alkyl carbamates (subject to hydrolysis) is 1. The number of hydrogen-bond acceptors (Lipinski definition) is 5. The quantitative estimate of drug-likeness (QED) is 0.287. The molecule has 2 amide bonds. The van der Waals surface area contributed by atoms with Crippen LogP contribution >= 0.6 is 0 Å². The number of carbonyl (C=O) groups is 2. The smallest absolute Gasteiger partial charge is 0.408 e. The minimum absolute atomic E-state index is 0.101. The van der Waals surface area contributed by atoms with Gasteiger partial charge in [0.25, 0.3) is 5.91 Å². The maximum atomic E-state index is 12.8. The van der Waals surface area contributed by atoms with Crippen LogP contribution in [-0.2, 0) is 22.6 Å². The molecule has 0 saturated carbocycles. The van der Waals surface area contributed by atoms with Crippen LogP contribution in [0.1, 0.15) is 16.8 Å². The van der Waals surface area contributed by atoms with Crippen molar-refractivity contribution >= 4 is 29.0 Å². The van der Waals surface area contributed by atoms with E-state index in [2.05, 4.69) is 25.8 Å². The number of H-pyrrole nitrogens is 1. The van der Waals surface area contributed by atoms with Crippen LogP contribution in [0.15, 0.2) is 90.4 Å². The van der Waals surface area contributed by atoms with E-state index < -0.39 is 18.0 Å². The Morgan fingerprint density at radius 1 is 1.03 bits per heavy atom. The Morgan fingerprint density at radius 3 is 2.64 bits per heavy atom. The van der Waals surface area contributed by atoms with Crippen LogP contribution in [0.5, 0.6) is 0 Å². The van der Waals surface area contributed by atoms with Crippen molar-refractivity contribution in [3.05, 3.63) is 102 Å². The van der Waals surface area contributed by atoms with E-state index in [0.717, 1.165) is 21.9 Å². The molecule has 0 aliphatic carbocycles. The second-order valence-electron chi connectivity index (χ2n) is 7.34. The number of aromatic amines is 1. The van der Waals surface area contributed by atoms with E-state index in [1.54, 1.807) is 12.4 Å². The van der Waals surface area contributed by atoms with E-state index in [1.807, 2.05) is 72.8 Å². The molecule has 33 heavy (non-hydrogen) atoms. The largest absolute Gasteiger partial charge is 0.445 e. The molecule has 3 N–H and O–H groups in total. The Bertz CT molecular complexity index is 1230. The minimum Gasteiger partial charge on any atom is -0.445 e. The lowest BCUT2D eigenvalue weighted by Crippen LogP contribution is -2.47. The maximum absolute atomic E-state index is 12.8. The van der Waals surface area contributed by atoms with Crippen molar-refractivity contribution in [2.45, 2.75) is 19.1 Å². The van der Waals surface area contributed by atoms with E-state index in [4.69, 9.17) is 4.74 Å². The molecule has 166 valence electrons. The van der Waals surface area contributed by atoms with Crippen molar-refractivity contribution in [1.82, 2.24) is 20.7 Å². The fourth-order valence-electron chi connectivity index (χ4n) is 3.34. The first-order valence-electron chi connectivity index (χ1n) is 10.4. The number of aromatic nitrogens is 2. The molecule has 0 fully saturated rings. The standard InChI is InChI=1S/C25H23N5O3/c31-24(30-28-14-20-11-6-10-19-9-4-5-12-22(19)20)23(13-21-15-26-17-27-21)29-25(32)33-16-18-7-2-1-3-8-18/h1-12,14-15,17,23H,13,16H2,(H,26,27)(H,29,32)(H,30,31)/b28-14-/t23-/m0/s1. The first kappa shape index (κ1) is 21.8. The first-order valence-corrected chi connectivity index (χ1v) is 10.4. The number of fused-ring (bicyclic) bond motifs is 1. The van der Waals surface area contributed by atoms with E-state index in [-0.39, 0.29) is 13.0 Å². The molecule has 8 heteroatoms. The Balaban J connectivity index is 1.40. The van der Waals surface area contributed by atoms with Crippen LogP contribution in [-0.4, -0.2) is 34.2 Å². The van der Waals surface area contributed by atoms with Gasteiger partial charge in [0.05, 0.1) is 12.5 Å². The monoisotopic (exact) mass is 441 g/mol. The highest BCUT2D eigenvalue weighted by Crippen LogP contribution is 2.16. The van der Waals surface area contributed by atoms with E-state index >= 15 is 0 Å². The average molecular weight is 441 g/mol. The normalized spacial score (nSPS) is 11.9. The third kappa shape index (κ3) is 6.04. The van der Waals surface area contributed by atoms with Crippen molar-refractivity contribution in [3.8, 4) is 0 Å². The van der Waals surface area contributed by atoms with Gasteiger partial charge in [-0.3, -0.25) is 4.79 Å². The van der Waals surface area contributed by atoms with Gasteiger partial charge in [-0.2, -0.15) is 5.10 Å². The molecule has 3 aromatic carbocycles. The van der Waals surface area contributed by atoms with Crippen molar-refractivity contribution in [2.75, 3.05) is 0 Å². The number of ether oxygens (including phenoxy) is 1. The summed E-state index contributed by atoms with van der Waals surface area (Å²) < 4.78 is 5.26. The summed E-state index contributed by atoms with van der Waals surface area (Å²) in [6.45, 7) is 0.101. The zero-order valence-corrected chi connectivity index (χ0v) is 17.8. The van der Waals surface area contributed by atoms with E-state index in [0.29, 0.717) is 5.69 Å². The van der Waals surface area contributed by atoms with Gasteiger partial charge in [0.2, 0.25) is 0 Å². The van der Waals surface area contributed by atoms with Gasteiger partial charge in [0.15, 0.2) is 0 Å². The number of nitrogens with zero attached hydrogens (tertiary/aromatic N) is 2. The third-order valence-corrected chi connectivity index (χ3v) is 5.00. The Morgan fingerprint density at radius 2 is 1.82 bits per heavy atom. The van der Waals surface area contributed by atoms with Gasteiger partial charge in [-0.15, -0.1) is 0 Å². The molecule has 1 atom stereocenters. The molecular weight excluding hydrogens is 418 g/mol. The summed E-state index contributed by atoms with van der Waals surface area (Å²) in [4.78, 5) is 32.0. The lowest BCUT2D eigenvalue weighted by atomic mass is 10.1. The van der Waals surface area contributed by atoms with Crippen LogP contribution in [0.4, 0.5) is 4.79 Å². The van der Waals surface area contributed by atoms with E-state index in [1.165, 1.54) is 6.33 Å². The molecule has 1 aromatic heterocycles. The molecule has 0 spiro atoms. The van der Waals surface area contributed by atoms with Gasteiger partial charge < -0.3 is 15.0 Å². The number of amides is 2. The highest BCUT2D eigenvalue weighted by Gasteiger charge is 2.22. The number of carbonyl (C=O) groups excluding carboxylic acids is 2. The summed E-state index contributed by atoms with van der Waals surface area (Å²) in [7, 11) is 0. The molecular formula is C25H23N5O3. The summed E-state index contributed by atoms with van der Waals surface area (Å²) >= 11 is 0. The molecule has 4 aromatic rings. The van der Waals surface area contributed by atoms with Gasteiger partial charge in [0, 0.05) is 23.9 Å². The van der Waals surface area contributed by atoms with Crippen LogP contribution in [0.3, 0.4) is 0 Å². The average Bonchev–Trinajstić information content (AvgIpc) is 3.36. The molecule has 0 aliphatic rings. The number of imidazole rings is 1. The van der Waals surface area contributed by atoms with Gasteiger partial charge in [-0.05, 0) is 16.3 Å². The fraction of sp³-hybridized carbons (Fsp3) is 0.120. The molecule has 0 saturated heterocycles. The summed E-state index contributed by atoms with van der Waals surface area (Å²) in [6, 6.07) is 22.2. The topological polar surface area (TPSA) is 108 Å². The van der Waals surface area contributed by atoms with Crippen molar-refractivity contribution < 1.29 is 14.3 Å². The summed E-state index contributed by atoms with van der Waals surface area (Å²) in [6.07, 6.45) is 4.20. The van der Waals surface area contributed by atoms with Gasteiger partial charge in [-0.25, -0.2) is 15.2 Å². The molecule has 4 rings (SSSR count). The van der Waals surface area contributed by atoms with Crippen LogP contribution in [0.2, 0.25) is 0 Å². The third-order valence-electron chi connectivity index (χ3n) is 5.00. The molecule has 8 nitrogen and oxygen atoms in total. The summed E-state index contributed by atoms with van der Waals surface area (Å²) in [5.74, 6) is -0.474. The first-order chi connectivity index (χ1) is 16.2. The summed E-state index contributed by atoms with van der Waals surface area (Å²) in [5.41, 5.74) is 4.92. The van der Waals surface area contributed by atoms with Crippen molar-refractivity contribution in [1.29, 1.82) is 0 Å². The lowest BCUT2D eigenvalue weighted by molar-refractivity contribution is -0.123. The van der Waals surface area contributed by atoms with Gasteiger partial charge in [0.1, 0.15) is 12.6 Å². The van der Waals surface area contributed by atoms with Crippen molar-refractivity contribution in [3.63, 3.8) is 0 Å². The highest BCUT2D eigenvalue weighted by molar-refractivity contribution is 6.00. The Labute approximate surface area is 190 Å². The molecule has 0 unspecified atom stereocenters. The number of hydrogen-bond donors (Lipinski definition) is 3. The van der Waals surface area contributed by atoms with Crippen molar-refractivity contribution in [2.24, 2.45) is 5.10 Å². The zero-order chi connectivity index (χ0) is 22.9. The summed E-state index contributed by atoms with van der Waals surface area (Å²) in [5, 5.41) is 8.81. The van der Waals surface area contributed by atoms with Crippen LogP contribution in [0.25, 0.3) is 10.8 Å². The Hall–Kier alpha value is -4.46. The molecule has 1 heterocycles. The molecule has 0 aliphatic heterocycles. The number of rotatable bonds is 8. The SMILES string of the molecule is O=C(N[C@@H](Cc1cnc[nH]1)C(=O)N/N=C\c1cccc2ccccc12)OCc1ccccc1. The fourth-order valence-corrected chi connectivity index (χ4v) is 3.34. The van der Waals surface area contributed by atoms with Crippen LogP contribution in [0, 0.1) is 0 Å². The number of hydrazone groups is 1. The highest BCUT2D eigenvalue weighted by atomic mass is 16.5.